The Bertz CT molecular complexity index is 1150. The Morgan fingerprint density at radius 3 is 2.66 bits per heavy atom. The lowest BCUT2D eigenvalue weighted by molar-refractivity contribution is -0.137. The van der Waals surface area contributed by atoms with E-state index in [1.54, 1.807) is 6.92 Å². The van der Waals surface area contributed by atoms with E-state index in [1.165, 1.54) is 6.07 Å². The average molecular weight is 445 g/mol. The topological polar surface area (TPSA) is 78.1 Å². The largest absolute Gasteiger partial charge is 0.417 e. The van der Waals surface area contributed by atoms with Crippen molar-refractivity contribution in [1.82, 2.24) is 14.9 Å². The molecule has 0 atom stereocenters. The van der Waals surface area contributed by atoms with Crippen LogP contribution in [0.15, 0.2) is 23.0 Å². The second-order valence-corrected chi connectivity index (χ2v) is 8.04. The van der Waals surface area contributed by atoms with Crippen LogP contribution in [-0.4, -0.2) is 34.9 Å². The summed E-state index contributed by atoms with van der Waals surface area (Å²) in [6, 6.07) is 3.11. The zero-order valence-electron chi connectivity index (χ0n) is 15.6. The molecule has 0 aliphatic heterocycles. The van der Waals surface area contributed by atoms with Gasteiger partial charge in [0.05, 0.1) is 27.4 Å². The summed E-state index contributed by atoms with van der Waals surface area (Å²) in [6.45, 7) is 2.01. The van der Waals surface area contributed by atoms with Gasteiger partial charge in [-0.2, -0.15) is 13.2 Å². The molecule has 0 radical (unpaired) electrons. The molecule has 1 aromatic carbocycles. The highest BCUT2D eigenvalue weighted by atomic mass is 35.5. The molecule has 0 saturated carbocycles. The first-order valence-electron chi connectivity index (χ1n) is 8.32. The van der Waals surface area contributed by atoms with E-state index in [-0.39, 0.29) is 21.5 Å². The van der Waals surface area contributed by atoms with Crippen molar-refractivity contribution in [3.8, 4) is 0 Å². The molecule has 11 heteroatoms. The Balaban J connectivity index is 1.97. The molecule has 2 aromatic heterocycles. The second kappa shape index (κ2) is 7.77. The highest BCUT2D eigenvalue weighted by molar-refractivity contribution is 7.20. The fraction of sp³-hybridized carbons (Fsp3) is 0.278. The van der Waals surface area contributed by atoms with Gasteiger partial charge in [-0.25, -0.2) is 4.98 Å². The molecular weight excluding hydrogens is 429 g/mol. The van der Waals surface area contributed by atoms with Crippen molar-refractivity contribution >= 4 is 44.7 Å². The van der Waals surface area contributed by atoms with Gasteiger partial charge < -0.3 is 15.2 Å². The van der Waals surface area contributed by atoms with Crippen molar-refractivity contribution < 1.29 is 18.0 Å². The lowest BCUT2D eigenvalue weighted by Gasteiger charge is -2.11. The third-order valence-corrected chi connectivity index (χ3v) is 5.57. The summed E-state index contributed by atoms with van der Waals surface area (Å²) < 4.78 is 39.1. The van der Waals surface area contributed by atoms with Gasteiger partial charge in [0.15, 0.2) is 0 Å². The minimum atomic E-state index is -4.65. The molecule has 0 aliphatic carbocycles. The van der Waals surface area contributed by atoms with Crippen LogP contribution < -0.4 is 10.9 Å². The summed E-state index contributed by atoms with van der Waals surface area (Å²) in [5.74, 6) is -0.178. The summed E-state index contributed by atoms with van der Waals surface area (Å²) in [5, 5.41) is 2.26. The van der Waals surface area contributed by atoms with Gasteiger partial charge in [-0.05, 0) is 44.8 Å². The zero-order valence-corrected chi connectivity index (χ0v) is 17.1. The molecule has 0 saturated heterocycles. The van der Waals surface area contributed by atoms with Crippen LogP contribution in [0.5, 0.6) is 0 Å². The van der Waals surface area contributed by atoms with Crippen molar-refractivity contribution in [2.24, 2.45) is 0 Å². The first-order valence-corrected chi connectivity index (χ1v) is 9.52. The fourth-order valence-electron chi connectivity index (χ4n) is 2.79. The van der Waals surface area contributed by atoms with Crippen LogP contribution in [0.1, 0.15) is 26.6 Å². The smallest absolute Gasteiger partial charge is 0.321 e. The van der Waals surface area contributed by atoms with Gasteiger partial charge in [0.25, 0.3) is 11.5 Å². The molecule has 2 heterocycles. The molecule has 154 valence electrons. The van der Waals surface area contributed by atoms with Gasteiger partial charge in [-0.1, -0.05) is 11.6 Å². The summed E-state index contributed by atoms with van der Waals surface area (Å²) in [7, 11) is 3.65. The summed E-state index contributed by atoms with van der Waals surface area (Å²) in [4.78, 5) is 34.6. The van der Waals surface area contributed by atoms with Crippen molar-refractivity contribution in [2.75, 3.05) is 19.4 Å². The number of nitrogens with one attached hydrogen (secondary N) is 2. The van der Waals surface area contributed by atoms with E-state index in [0.717, 1.165) is 23.5 Å². The number of carbonyl (C=O) groups excluding carboxylic acids is 1. The quantitative estimate of drug-likeness (QED) is 0.629. The van der Waals surface area contributed by atoms with Crippen LogP contribution >= 0.6 is 22.9 Å². The third kappa shape index (κ3) is 4.44. The number of rotatable bonds is 4. The van der Waals surface area contributed by atoms with Gasteiger partial charge in [0.1, 0.15) is 10.7 Å². The lowest BCUT2D eigenvalue weighted by atomic mass is 10.1. The Morgan fingerprint density at radius 1 is 1.34 bits per heavy atom. The third-order valence-electron chi connectivity index (χ3n) is 4.05. The molecule has 2 N–H and O–H groups in total. The van der Waals surface area contributed by atoms with E-state index in [1.807, 2.05) is 19.0 Å². The second-order valence-electron chi connectivity index (χ2n) is 6.63. The van der Waals surface area contributed by atoms with Crippen LogP contribution in [-0.2, 0) is 12.7 Å². The number of halogens is 4. The number of thiophene rings is 1. The highest BCUT2D eigenvalue weighted by Crippen LogP contribution is 2.36. The molecule has 29 heavy (non-hydrogen) atoms. The van der Waals surface area contributed by atoms with Crippen molar-refractivity contribution in [2.45, 2.75) is 19.6 Å². The monoisotopic (exact) mass is 444 g/mol. The lowest BCUT2D eigenvalue weighted by Crippen LogP contribution is -2.18. The predicted octanol–water partition coefficient (Wildman–Crippen LogP) is 4.28. The number of amides is 1. The number of hydrogen-bond donors (Lipinski definition) is 2. The van der Waals surface area contributed by atoms with Crippen LogP contribution in [0, 0.1) is 6.92 Å². The number of H-pyrrole nitrogens is 1. The minimum Gasteiger partial charge on any atom is -0.321 e. The first-order chi connectivity index (χ1) is 13.5. The van der Waals surface area contributed by atoms with E-state index in [0.29, 0.717) is 22.8 Å². The molecule has 0 fully saturated rings. The van der Waals surface area contributed by atoms with Crippen LogP contribution in [0.4, 0.5) is 18.9 Å². The Morgan fingerprint density at radius 2 is 2.03 bits per heavy atom. The Kier molecular flexibility index (Phi) is 5.70. The van der Waals surface area contributed by atoms with E-state index in [2.05, 4.69) is 15.3 Å². The molecule has 0 bridgehead atoms. The van der Waals surface area contributed by atoms with Gasteiger partial charge in [-0.15, -0.1) is 11.3 Å². The SMILES string of the molecule is Cc1c(C(=O)Nc2ccc(Cl)c(C(F)(F)F)c2)sc2nc(CN(C)C)[nH]c(=O)c12. The molecule has 3 aromatic rings. The molecule has 0 unspecified atom stereocenters. The van der Waals surface area contributed by atoms with Crippen LogP contribution in [0.25, 0.3) is 10.2 Å². The number of carbonyl (C=O) groups is 1. The van der Waals surface area contributed by atoms with E-state index < -0.39 is 22.7 Å². The highest BCUT2D eigenvalue weighted by Gasteiger charge is 2.33. The van der Waals surface area contributed by atoms with Crippen molar-refractivity contribution in [3.05, 3.63) is 55.4 Å². The fourth-order valence-corrected chi connectivity index (χ4v) is 4.11. The normalized spacial score (nSPS) is 12.0. The molecule has 3 rings (SSSR count). The minimum absolute atomic E-state index is 0.0567. The number of aromatic amines is 1. The number of aromatic nitrogens is 2. The van der Waals surface area contributed by atoms with Crippen LogP contribution in [0.3, 0.4) is 0 Å². The van der Waals surface area contributed by atoms with Crippen molar-refractivity contribution in [3.63, 3.8) is 0 Å². The van der Waals surface area contributed by atoms with E-state index >= 15 is 0 Å². The molecule has 6 nitrogen and oxygen atoms in total. The molecular formula is C18H16ClF3N4O2S. The number of hydrogen-bond acceptors (Lipinski definition) is 5. The number of anilines is 1. The van der Waals surface area contributed by atoms with Gasteiger partial charge >= 0.3 is 6.18 Å². The average Bonchev–Trinajstić information content (AvgIpc) is 2.92. The summed E-state index contributed by atoms with van der Waals surface area (Å²) in [5.41, 5.74) is -1.06. The first kappa shape index (κ1) is 21.3. The van der Waals surface area contributed by atoms with Gasteiger partial charge in [0, 0.05) is 5.69 Å². The summed E-state index contributed by atoms with van der Waals surface area (Å²) in [6.07, 6.45) is -4.65. The molecule has 0 spiro atoms. The number of nitrogens with zero attached hydrogens (tertiary/aromatic N) is 2. The number of fused-ring (bicyclic) bond motifs is 1. The van der Waals surface area contributed by atoms with E-state index in [9.17, 15) is 22.8 Å². The molecule has 0 aliphatic rings. The standard InChI is InChI=1S/C18H16ClF3N4O2S/c1-8-13-15(27)24-12(7-26(2)3)25-17(13)29-14(8)16(28)23-9-4-5-11(19)10(6-9)18(20,21)22/h4-6H,7H2,1-3H3,(H,23,28)(H,24,25,27). The predicted molar refractivity (Wildman–Crippen MR) is 107 cm³/mol. The Labute approximate surface area is 172 Å². The van der Waals surface area contributed by atoms with Crippen LogP contribution in [0.2, 0.25) is 5.02 Å². The zero-order chi connectivity index (χ0) is 21.5. The number of alkyl halides is 3. The molecule has 1 amide bonds. The van der Waals surface area contributed by atoms with Gasteiger partial charge in [0.2, 0.25) is 0 Å². The maximum absolute atomic E-state index is 13.0. The maximum Gasteiger partial charge on any atom is 0.417 e. The number of benzene rings is 1. The number of aryl methyl sites for hydroxylation is 1. The Hall–Kier alpha value is -2.43. The summed E-state index contributed by atoms with van der Waals surface area (Å²) >= 11 is 6.61. The van der Waals surface area contributed by atoms with Crippen molar-refractivity contribution in [1.29, 1.82) is 0 Å². The van der Waals surface area contributed by atoms with E-state index in [4.69, 9.17) is 11.6 Å². The van der Waals surface area contributed by atoms with Gasteiger partial charge in [-0.3, -0.25) is 9.59 Å². The maximum atomic E-state index is 13.0.